The summed E-state index contributed by atoms with van der Waals surface area (Å²) in [6.45, 7) is 4.05. The van der Waals surface area contributed by atoms with Crippen molar-refractivity contribution in [3.8, 4) is 5.69 Å². The van der Waals surface area contributed by atoms with Gasteiger partial charge in [0.05, 0.1) is 22.1 Å². The second-order valence-corrected chi connectivity index (χ2v) is 6.68. The van der Waals surface area contributed by atoms with Crippen LogP contribution in [0, 0.1) is 10.5 Å². The van der Waals surface area contributed by atoms with Gasteiger partial charge in [0.25, 0.3) is 0 Å². The lowest BCUT2D eigenvalue weighted by atomic mass is 10.2. The molecule has 2 nitrogen and oxygen atoms in total. The Morgan fingerprint density at radius 3 is 2.65 bits per heavy atom. The number of halogens is 2. The van der Waals surface area contributed by atoms with Crippen molar-refractivity contribution in [2.45, 2.75) is 19.2 Å². The van der Waals surface area contributed by atoms with Crippen LogP contribution in [-0.4, -0.2) is 9.55 Å². The monoisotopic (exact) mass is 396 g/mol. The third kappa shape index (κ3) is 2.33. The number of fused-ring (bicyclic) bond motifs is 1. The molecule has 2 aromatic carbocycles. The maximum Gasteiger partial charge on any atom is 0.132 e. The van der Waals surface area contributed by atoms with Gasteiger partial charge in [-0.15, -0.1) is 11.6 Å². The van der Waals surface area contributed by atoms with Crippen LogP contribution >= 0.6 is 34.2 Å². The summed E-state index contributed by atoms with van der Waals surface area (Å²) < 4.78 is 3.35. The number of aryl methyl sites for hydroxylation is 1. The number of nitrogens with zero attached hydrogens (tertiary/aromatic N) is 2. The first-order valence-corrected chi connectivity index (χ1v) is 7.97. The van der Waals surface area contributed by atoms with Crippen LogP contribution in [0.5, 0.6) is 0 Å². The molecule has 0 aliphatic heterocycles. The third-order valence-electron chi connectivity index (χ3n) is 3.29. The van der Waals surface area contributed by atoms with Gasteiger partial charge in [-0.05, 0) is 66.3 Å². The van der Waals surface area contributed by atoms with Crippen LogP contribution in [0.1, 0.15) is 23.7 Å². The van der Waals surface area contributed by atoms with Crippen LogP contribution in [-0.2, 0) is 0 Å². The molecule has 1 aromatic heterocycles. The van der Waals surface area contributed by atoms with Crippen molar-refractivity contribution in [3.05, 3.63) is 57.4 Å². The Balaban J connectivity index is 2.40. The van der Waals surface area contributed by atoms with E-state index in [1.807, 2.05) is 19.1 Å². The second kappa shape index (κ2) is 5.37. The molecule has 1 heterocycles. The van der Waals surface area contributed by atoms with Gasteiger partial charge in [-0.1, -0.05) is 18.2 Å². The number of hydrogen-bond donors (Lipinski definition) is 0. The van der Waals surface area contributed by atoms with Crippen LogP contribution in [0.3, 0.4) is 0 Å². The molecule has 4 heteroatoms. The van der Waals surface area contributed by atoms with Gasteiger partial charge < -0.3 is 0 Å². The number of rotatable bonds is 2. The molecule has 0 spiro atoms. The topological polar surface area (TPSA) is 17.8 Å². The molecular weight excluding hydrogens is 383 g/mol. The zero-order valence-corrected chi connectivity index (χ0v) is 14.2. The minimum absolute atomic E-state index is 0.140. The smallest absolute Gasteiger partial charge is 0.132 e. The van der Waals surface area contributed by atoms with Crippen molar-refractivity contribution in [3.63, 3.8) is 0 Å². The molecule has 20 heavy (non-hydrogen) atoms. The van der Waals surface area contributed by atoms with E-state index in [0.717, 1.165) is 22.5 Å². The highest BCUT2D eigenvalue weighted by Crippen LogP contribution is 2.30. The quantitative estimate of drug-likeness (QED) is 0.428. The highest BCUT2D eigenvalue weighted by atomic mass is 127. The van der Waals surface area contributed by atoms with Gasteiger partial charge in [0.2, 0.25) is 0 Å². The van der Waals surface area contributed by atoms with E-state index in [9.17, 15) is 0 Å². The van der Waals surface area contributed by atoms with E-state index >= 15 is 0 Å². The first kappa shape index (κ1) is 13.9. The third-order valence-corrected chi connectivity index (χ3v) is 4.39. The molecular formula is C16H14ClIN2. The van der Waals surface area contributed by atoms with Crippen molar-refractivity contribution < 1.29 is 0 Å². The Morgan fingerprint density at radius 1 is 1.20 bits per heavy atom. The van der Waals surface area contributed by atoms with Gasteiger partial charge in [-0.3, -0.25) is 4.57 Å². The van der Waals surface area contributed by atoms with E-state index in [4.69, 9.17) is 16.6 Å². The lowest BCUT2D eigenvalue weighted by Crippen LogP contribution is -2.03. The fraction of sp³-hybridized carbons (Fsp3) is 0.188. The normalized spacial score (nSPS) is 12.8. The van der Waals surface area contributed by atoms with Gasteiger partial charge in [0.15, 0.2) is 0 Å². The number of para-hydroxylation sites is 1. The van der Waals surface area contributed by atoms with Gasteiger partial charge in [-0.2, -0.15) is 0 Å². The van der Waals surface area contributed by atoms with Crippen molar-refractivity contribution in [2.75, 3.05) is 0 Å². The Morgan fingerprint density at radius 2 is 1.95 bits per heavy atom. The van der Waals surface area contributed by atoms with E-state index in [1.54, 1.807) is 0 Å². The van der Waals surface area contributed by atoms with Crippen molar-refractivity contribution in [1.29, 1.82) is 0 Å². The van der Waals surface area contributed by atoms with Crippen molar-refractivity contribution in [1.82, 2.24) is 9.55 Å². The van der Waals surface area contributed by atoms with Crippen molar-refractivity contribution in [2.24, 2.45) is 0 Å². The molecule has 3 rings (SSSR count). The van der Waals surface area contributed by atoms with Crippen LogP contribution in [0.25, 0.3) is 16.7 Å². The SMILES string of the molecule is Cc1ccc2nc(C(C)Cl)n(-c3ccccc3I)c2c1. The summed E-state index contributed by atoms with van der Waals surface area (Å²) >= 11 is 8.69. The van der Waals surface area contributed by atoms with Gasteiger partial charge in [0.1, 0.15) is 5.82 Å². The van der Waals surface area contributed by atoms with Crippen LogP contribution in [0.2, 0.25) is 0 Å². The first-order valence-electron chi connectivity index (χ1n) is 6.46. The van der Waals surface area contributed by atoms with Crippen molar-refractivity contribution >= 4 is 45.2 Å². The Kier molecular flexibility index (Phi) is 3.73. The summed E-state index contributed by atoms with van der Waals surface area (Å²) in [7, 11) is 0. The summed E-state index contributed by atoms with van der Waals surface area (Å²) in [5.41, 5.74) is 4.44. The summed E-state index contributed by atoms with van der Waals surface area (Å²) in [5.74, 6) is 0.886. The maximum atomic E-state index is 6.34. The summed E-state index contributed by atoms with van der Waals surface area (Å²) in [5, 5.41) is -0.140. The fourth-order valence-corrected chi connectivity index (χ4v) is 3.13. The highest BCUT2D eigenvalue weighted by Gasteiger charge is 2.17. The molecule has 0 N–H and O–H groups in total. The molecule has 3 aromatic rings. The molecule has 0 saturated carbocycles. The number of benzene rings is 2. The molecule has 0 aliphatic carbocycles. The summed E-state index contributed by atoms with van der Waals surface area (Å²) in [6, 6.07) is 14.6. The minimum Gasteiger partial charge on any atom is -0.294 e. The molecule has 1 atom stereocenters. The Bertz CT molecular complexity index is 777. The molecule has 0 saturated heterocycles. The fourth-order valence-electron chi connectivity index (χ4n) is 2.36. The molecule has 1 unspecified atom stereocenters. The average molecular weight is 397 g/mol. The van der Waals surface area contributed by atoms with E-state index in [1.165, 1.54) is 9.13 Å². The molecule has 0 aliphatic rings. The van der Waals surface area contributed by atoms with E-state index in [0.29, 0.717) is 0 Å². The largest absolute Gasteiger partial charge is 0.294 e. The summed E-state index contributed by atoms with van der Waals surface area (Å²) in [6.07, 6.45) is 0. The number of imidazole rings is 1. The predicted octanol–water partition coefficient (Wildman–Crippen LogP) is 5.24. The maximum absolute atomic E-state index is 6.34. The average Bonchev–Trinajstić information content (AvgIpc) is 2.78. The zero-order valence-electron chi connectivity index (χ0n) is 11.3. The van der Waals surface area contributed by atoms with E-state index in [-0.39, 0.29) is 5.38 Å². The molecule has 0 radical (unpaired) electrons. The van der Waals surface area contributed by atoms with Crippen LogP contribution in [0.4, 0.5) is 0 Å². The molecule has 0 amide bonds. The number of hydrogen-bond acceptors (Lipinski definition) is 1. The zero-order chi connectivity index (χ0) is 14.3. The van der Waals surface area contributed by atoms with E-state index < -0.39 is 0 Å². The van der Waals surface area contributed by atoms with Gasteiger partial charge >= 0.3 is 0 Å². The van der Waals surface area contributed by atoms with Gasteiger partial charge in [0, 0.05) is 3.57 Å². The highest BCUT2D eigenvalue weighted by molar-refractivity contribution is 14.1. The molecule has 102 valence electrons. The first-order chi connectivity index (χ1) is 9.58. The summed E-state index contributed by atoms with van der Waals surface area (Å²) in [4.78, 5) is 4.70. The lowest BCUT2D eigenvalue weighted by Gasteiger charge is -2.12. The molecule has 0 bridgehead atoms. The lowest BCUT2D eigenvalue weighted by molar-refractivity contribution is 0.880. The predicted molar refractivity (Wildman–Crippen MR) is 92.8 cm³/mol. The minimum atomic E-state index is -0.140. The van der Waals surface area contributed by atoms with Gasteiger partial charge in [-0.25, -0.2) is 4.98 Å². The second-order valence-electron chi connectivity index (χ2n) is 4.86. The van der Waals surface area contributed by atoms with E-state index in [2.05, 4.69) is 64.4 Å². The van der Waals surface area contributed by atoms with Crippen LogP contribution < -0.4 is 0 Å². The van der Waals surface area contributed by atoms with Crippen LogP contribution in [0.15, 0.2) is 42.5 Å². The molecule has 0 fully saturated rings. The number of alkyl halides is 1. The Hall–Kier alpha value is -1.07. The number of aromatic nitrogens is 2. The Labute approximate surface area is 136 Å². The standard InChI is InChI=1S/C16H14ClIN2/c1-10-7-8-13-15(9-10)20(16(19-13)11(2)17)14-6-4-3-5-12(14)18/h3-9,11H,1-2H3.